The minimum Gasteiger partial charge on any atom is -0.302 e. The van der Waals surface area contributed by atoms with Gasteiger partial charge in [0.2, 0.25) is 0 Å². The number of benzene rings is 2. The summed E-state index contributed by atoms with van der Waals surface area (Å²) in [6, 6.07) is 14.2. The minimum absolute atomic E-state index is 0.114. The monoisotopic (exact) mass is 391 g/mol. The van der Waals surface area contributed by atoms with E-state index in [9.17, 15) is 4.79 Å². The van der Waals surface area contributed by atoms with Crippen molar-refractivity contribution in [3.8, 4) is 0 Å². The summed E-state index contributed by atoms with van der Waals surface area (Å²) in [6.07, 6.45) is 2.53. The van der Waals surface area contributed by atoms with Gasteiger partial charge in [-0.25, -0.2) is 0 Å². The molecule has 0 fully saturated rings. The lowest BCUT2D eigenvalue weighted by molar-refractivity contribution is 0.102. The number of allylic oxidation sites excluding steroid dienone is 1. The molecule has 28 heavy (non-hydrogen) atoms. The summed E-state index contributed by atoms with van der Waals surface area (Å²) in [5.41, 5.74) is 5.33. The Morgan fingerprint density at radius 3 is 2.50 bits per heavy atom. The first-order valence-electron chi connectivity index (χ1n) is 9.30. The molecule has 144 valence electrons. The number of carbonyl (C=O) groups is 1. The highest BCUT2D eigenvalue weighted by atomic mass is 32.2. The van der Waals surface area contributed by atoms with Crippen molar-refractivity contribution in [3.05, 3.63) is 88.8 Å². The summed E-state index contributed by atoms with van der Waals surface area (Å²) in [7, 11) is 0. The topological polar surface area (TPSA) is 47.8 Å². The standard InChI is InChI=1S/C23H25N3OS/c1-5-11-26-22(14-19-9-7-6-8-10-19)24-25-23(26)28-15-21(27)20-13-17(3)16(2)12-18(20)4/h5-10,12-13H,1,11,14-15H2,2-4H3. The van der Waals surface area contributed by atoms with Gasteiger partial charge in [0.25, 0.3) is 0 Å². The molecule has 1 aromatic heterocycles. The van der Waals surface area contributed by atoms with Gasteiger partial charge in [0.05, 0.1) is 5.75 Å². The van der Waals surface area contributed by atoms with E-state index in [2.05, 4.69) is 41.9 Å². The third-order valence-electron chi connectivity index (χ3n) is 4.78. The van der Waals surface area contributed by atoms with Crippen molar-refractivity contribution in [1.82, 2.24) is 14.8 Å². The average Bonchev–Trinajstić information content (AvgIpc) is 3.05. The Hall–Kier alpha value is -2.66. The van der Waals surface area contributed by atoms with Crippen molar-refractivity contribution in [2.45, 2.75) is 38.9 Å². The second kappa shape index (κ2) is 9.02. The van der Waals surface area contributed by atoms with E-state index in [0.717, 1.165) is 27.7 Å². The first-order chi connectivity index (χ1) is 13.5. The van der Waals surface area contributed by atoms with Crippen LogP contribution < -0.4 is 0 Å². The largest absolute Gasteiger partial charge is 0.302 e. The van der Waals surface area contributed by atoms with Gasteiger partial charge in [-0.1, -0.05) is 54.2 Å². The Labute approximate surface area is 170 Å². The second-order valence-corrected chi connectivity index (χ2v) is 7.87. The molecule has 3 aromatic rings. The number of aryl methyl sites for hydroxylation is 3. The Kier molecular flexibility index (Phi) is 6.47. The van der Waals surface area contributed by atoms with E-state index in [1.807, 2.05) is 48.8 Å². The van der Waals surface area contributed by atoms with Gasteiger partial charge < -0.3 is 4.57 Å². The van der Waals surface area contributed by atoms with Gasteiger partial charge in [0.1, 0.15) is 5.82 Å². The van der Waals surface area contributed by atoms with Crippen LogP contribution in [0.15, 0.2) is 60.3 Å². The predicted octanol–water partition coefficient (Wildman–Crippen LogP) is 4.96. The van der Waals surface area contributed by atoms with Crippen LogP contribution in [0.3, 0.4) is 0 Å². The molecule has 0 aliphatic rings. The number of rotatable bonds is 8. The fourth-order valence-corrected chi connectivity index (χ4v) is 3.97. The number of hydrogen-bond donors (Lipinski definition) is 0. The summed E-state index contributed by atoms with van der Waals surface area (Å²) in [4.78, 5) is 12.8. The number of aromatic nitrogens is 3. The van der Waals surface area contributed by atoms with E-state index < -0.39 is 0 Å². The third-order valence-corrected chi connectivity index (χ3v) is 5.75. The molecule has 2 aromatic carbocycles. The molecule has 0 aliphatic heterocycles. The zero-order chi connectivity index (χ0) is 20.1. The molecule has 0 amide bonds. The Balaban J connectivity index is 1.76. The first kappa shape index (κ1) is 20.1. The second-order valence-electron chi connectivity index (χ2n) is 6.92. The van der Waals surface area contributed by atoms with Gasteiger partial charge in [-0.2, -0.15) is 0 Å². The molecule has 1 heterocycles. The maximum absolute atomic E-state index is 12.8. The number of hydrogen-bond acceptors (Lipinski definition) is 4. The van der Waals surface area contributed by atoms with Crippen LogP contribution >= 0.6 is 11.8 Å². The van der Waals surface area contributed by atoms with E-state index in [4.69, 9.17) is 0 Å². The van der Waals surface area contributed by atoms with Crippen LogP contribution in [-0.4, -0.2) is 26.3 Å². The van der Waals surface area contributed by atoms with Gasteiger partial charge in [0.15, 0.2) is 10.9 Å². The highest BCUT2D eigenvalue weighted by molar-refractivity contribution is 7.99. The van der Waals surface area contributed by atoms with Crippen LogP contribution in [0, 0.1) is 20.8 Å². The molecular formula is C23H25N3OS. The van der Waals surface area contributed by atoms with Crippen LogP contribution in [0.1, 0.15) is 38.4 Å². The molecule has 3 rings (SSSR count). The molecule has 5 heteroatoms. The van der Waals surface area contributed by atoms with Gasteiger partial charge in [-0.3, -0.25) is 4.79 Å². The number of carbonyl (C=O) groups excluding carboxylic acids is 1. The van der Waals surface area contributed by atoms with Crippen molar-refractivity contribution in [2.24, 2.45) is 0 Å². The lowest BCUT2D eigenvalue weighted by Gasteiger charge is -2.10. The van der Waals surface area contributed by atoms with Gasteiger partial charge in [-0.15, -0.1) is 16.8 Å². The lowest BCUT2D eigenvalue weighted by atomic mass is 9.99. The molecule has 0 aliphatic carbocycles. The Bertz CT molecular complexity index is 993. The van der Waals surface area contributed by atoms with Crippen LogP contribution in [0.2, 0.25) is 0 Å². The van der Waals surface area contributed by atoms with Crippen molar-refractivity contribution in [3.63, 3.8) is 0 Å². The molecule has 0 bridgehead atoms. The van der Waals surface area contributed by atoms with E-state index in [1.54, 1.807) is 0 Å². The fourth-order valence-electron chi connectivity index (χ4n) is 3.12. The number of Topliss-reactive ketones (excluding diaryl/α,β-unsaturated/α-hetero) is 1. The van der Waals surface area contributed by atoms with Crippen molar-refractivity contribution in [1.29, 1.82) is 0 Å². The van der Waals surface area contributed by atoms with Crippen LogP contribution in [-0.2, 0) is 13.0 Å². The number of ketones is 1. The smallest absolute Gasteiger partial charge is 0.191 e. The number of thioether (sulfide) groups is 1. The maximum Gasteiger partial charge on any atom is 0.191 e. The number of nitrogens with zero attached hydrogens (tertiary/aromatic N) is 3. The molecular weight excluding hydrogens is 366 g/mol. The van der Waals surface area contributed by atoms with E-state index in [0.29, 0.717) is 18.7 Å². The lowest BCUT2D eigenvalue weighted by Crippen LogP contribution is -2.08. The zero-order valence-corrected chi connectivity index (χ0v) is 17.4. The Morgan fingerprint density at radius 1 is 1.07 bits per heavy atom. The molecule has 0 N–H and O–H groups in total. The van der Waals surface area contributed by atoms with E-state index in [1.165, 1.54) is 22.9 Å². The minimum atomic E-state index is 0.114. The quantitative estimate of drug-likeness (QED) is 0.309. The summed E-state index contributed by atoms with van der Waals surface area (Å²) >= 11 is 1.43. The normalized spacial score (nSPS) is 10.8. The van der Waals surface area contributed by atoms with Crippen LogP contribution in [0.5, 0.6) is 0 Å². The fraction of sp³-hybridized carbons (Fsp3) is 0.261. The summed E-state index contributed by atoms with van der Waals surface area (Å²) in [6.45, 7) is 10.6. The third kappa shape index (κ3) is 4.60. The first-order valence-corrected chi connectivity index (χ1v) is 10.3. The van der Waals surface area contributed by atoms with E-state index in [-0.39, 0.29) is 5.78 Å². The van der Waals surface area contributed by atoms with Crippen molar-refractivity contribution in [2.75, 3.05) is 5.75 Å². The molecule has 4 nitrogen and oxygen atoms in total. The molecule has 0 atom stereocenters. The predicted molar refractivity (Wildman–Crippen MR) is 115 cm³/mol. The van der Waals surface area contributed by atoms with Crippen molar-refractivity contribution < 1.29 is 4.79 Å². The highest BCUT2D eigenvalue weighted by Gasteiger charge is 2.16. The average molecular weight is 392 g/mol. The SMILES string of the molecule is C=CCn1c(Cc2ccccc2)nnc1SCC(=O)c1cc(C)c(C)cc1C. The van der Waals surface area contributed by atoms with Crippen LogP contribution in [0.25, 0.3) is 0 Å². The highest BCUT2D eigenvalue weighted by Crippen LogP contribution is 2.22. The Morgan fingerprint density at radius 2 is 1.79 bits per heavy atom. The molecule has 0 saturated heterocycles. The van der Waals surface area contributed by atoms with E-state index >= 15 is 0 Å². The molecule has 0 spiro atoms. The summed E-state index contributed by atoms with van der Waals surface area (Å²) in [5, 5.41) is 9.43. The van der Waals surface area contributed by atoms with Gasteiger partial charge in [-0.05, 0) is 49.1 Å². The van der Waals surface area contributed by atoms with Crippen molar-refractivity contribution >= 4 is 17.5 Å². The summed E-state index contributed by atoms with van der Waals surface area (Å²) < 4.78 is 2.03. The van der Waals surface area contributed by atoms with Gasteiger partial charge in [0, 0.05) is 18.5 Å². The molecule has 0 saturated carbocycles. The summed E-state index contributed by atoms with van der Waals surface area (Å²) in [5.74, 6) is 1.33. The zero-order valence-electron chi connectivity index (χ0n) is 16.6. The maximum atomic E-state index is 12.8. The van der Waals surface area contributed by atoms with Crippen LogP contribution in [0.4, 0.5) is 0 Å². The molecule has 0 radical (unpaired) electrons. The van der Waals surface area contributed by atoms with Gasteiger partial charge >= 0.3 is 0 Å². The molecule has 0 unspecified atom stereocenters.